The van der Waals surface area contributed by atoms with E-state index in [1.807, 2.05) is 35.2 Å². The minimum atomic E-state index is -0.535. The van der Waals surface area contributed by atoms with Gasteiger partial charge in [0.1, 0.15) is 0 Å². The number of aromatic hydroxyl groups is 1. The lowest BCUT2D eigenvalue weighted by Crippen LogP contribution is -2.35. The number of phenolic OH excluding ortho intramolecular Hbond substituents is 1. The van der Waals surface area contributed by atoms with Crippen LogP contribution in [0.1, 0.15) is 24.3 Å². The van der Waals surface area contributed by atoms with Gasteiger partial charge in [-0.3, -0.25) is 0 Å². The number of aromatic nitrogens is 2. The number of hydrogen-bond acceptors (Lipinski definition) is 5. The molecule has 0 amide bonds. The van der Waals surface area contributed by atoms with Gasteiger partial charge in [0, 0.05) is 24.6 Å². The fourth-order valence-corrected chi connectivity index (χ4v) is 3.31. The van der Waals surface area contributed by atoms with Gasteiger partial charge in [-0.1, -0.05) is 30.3 Å². The SMILES string of the molecule is Oc1cccc(C2CCCN(c3noc(-c4ccccc4)n3)C2)c1F. The highest BCUT2D eigenvalue weighted by molar-refractivity contribution is 5.54. The molecule has 1 atom stereocenters. The van der Waals surface area contributed by atoms with Crippen LogP contribution < -0.4 is 4.90 Å². The number of piperidine rings is 1. The first-order chi connectivity index (χ1) is 12.2. The second-order valence-electron chi connectivity index (χ2n) is 6.23. The number of anilines is 1. The zero-order valence-corrected chi connectivity index (χ0v) is 13.6. The summed E-state index contributed by atoms with van der Waals surface area (Å²) in [7, 11) is 0. The van der Waals surface area contributed by atoms with Crippen LogP contribution in [-0.4, -0.2) is 28.3 Å². The lowest BCUT2D eigenvalue weighted by molar-refractivity contribution is 0.411. The molecule has 2 aromatic carbocycles. The van der Waals surface area contributed by atoms with Gasteiger partial charge in [0.25, 0.3) is 11.8 Å². The zero-order chi connectivity index (χ0) is 17.2. The van der Waals surface area contributed by atoms with Gasteiger partial charge in [-0.05, 0) is 41.8 Å². The van der Waals surface area contributed by atoms with E-state index in [9.17, 15) is 9.50 Å². The van der Waals surface area contributed by atoms with E-state index in [1.54, 1.807) is 12.1 Å². The summed E-state index contributed by atoms with van der Waals surface area (Å²) >= 11 is 0. The molecule has 2 heterocycles. The van der Waals surface area contributed by atoms with Gasteiger partial charge in [0.15, 0.2) is 11.6 Å². The Kier molecular flexibility index (Phi) is 4.09. The summed E-state index contributed by atoms with van der Waals surface area (Å²) in [5, 5.41) is 13.7. The molecule has 0 bridgehead atoms. The molecule has 1 aliphatic rings. The fourth-order valence-electron chi connectivity index (χ4n) is 3.31. The number of phenols is 1. The van der Waals surface area contributed by atoms with E-state index in [0.29, 0.717) is 23.9 Å². The van der Waals surface area contributed by atoms with Crippen molar-refractivity contribution in [2.24, 2.45) is 0 Å². The van der Waals surface area contributed by atoms with E-state index in [2.05, 4.69) is 10.1 Å². The Balaban J connectivity index is 1.56. The molecule has 6 heteroatoms. The van der Waals surface area contributed by atoms with Gasteiger partial charge in [-0.2, -0.15) is 4.98 Å². The Morgan fingerprint density at radius 1 is 1.12 bits per heavy atom. The van der Waals surface area contributed by atoms with E-state index in [1.165, 1.54) is 6.07 Å². The standard InChI is InChI=1S/C19H18FN3O2/c20-17-15(9-4-10-16(17)24)14-8-5-11-23(12-14)19-21-18(25-22-19)13-6-2-1-3-7-13/h1-4,6-7,9-10,14,24H,5,8,11-12H2. The summed E-state index contributed by atoms with van der Waals surface area (Å²) in [6.45, 7) is 1.39. The maximum Gasteiger partial charge on any atom is 0.266 e. The first-order valence-corrected chi connectivity index (χ1v) is 8.34. The molecule has 1 saturated heterocycles. The highest BCUT2D eigenvalue weighted by Crippen LogP contribution is 2.33. The van der Waals surface area contributed by atoms with Crippen LogP contribution in [0.3, 0.4) is 0 Å². The number of nitrogens with zero attached hydrogens (tertiary/aromatic N) is 3. The third-order valence-electron chi connectivity index (χ3n) is 4.59. The smallest absolute Gasteiger partial charge is 0.266 e. The molecular weight excluding hydrogens is 321 g/mol. The second-order valence-corrected chi connectivity index (χ2v) is 6.23. The number of rotatable bonds is 3. The molecule has 128 valence electrons. The lowest BCUT2D eigenvalue weighted by Gasteiger charge is -2.32. The molecule has 1 fully saturated rings. The molecular formula is C19H18FN3O2. The Morgan fingerprint density at radius 2 is 1.96 bits per heavy atom. The number of halogens is 1. The van der Waals surface area contributed by atoms with Gasteiger partial charge >= 0.3 is 0 Å². The number of hydrogen-bond donors (Lipinski definition) is 1. The van der Waals surface area contributed by atoms with Crippen molar-refractivity contribution in [2.45, 2.75) is 18.8 Å². The molecule has 0 spiro atoms. The van der Waals surface area contributed by atoms with E-state index in [0.717, 1.165) is 24.9 Å². The first kappa shape index (κ1) is 15.6. The largest absolute Gasteiger partial charge is 0.505 e. The van der Waals surface area contributed by atoms with Crippen molar-refractivity contribution in [1.29, 1.82) is 0 Å². The van der Waals surface area contributed by atoms with Gasteiger partial charge in [-0.25, -0.2) is 4.39 Å². The van der Waals surface area contributed by atoms with Gasteiger partial charge in [0.05, 0.1) is 0 Å². The molecule has 25 heavy (non-hydrogen) atoms. The molecule has 0 aliphatic carbocycles. The van der Waals surface area contributed by atoms with Crippen LogP contribution in [0.4, 0.5) is 10.3 Å². The van der Waals surface area contributed by atoms with Crippen LogP contribution in [0.15, 0.2) is 53.1 Å². The Hall–Kier alpha value is -2.89. The quantitative estimate of drug-likeness (QED) is 0.782. The van der Waals surface area contributed by atoms with Gasteiger partial charge in [0.2, 0.25) is 0 Å². The molecule has 0 radical (unpaired) electrons. The van der Waals surface area contributed by atoms with E-state index >= 15 is 0 Å². The van der Waals surface area contributed by atoms with Crippen molar-refractivity contribution < 1.29 is 14.0 Å². The lowest BCUT2D eigenvalue weighted by atomic mass is 9.90. The summed E-state index contributed by atoms with van der Waals surface area (Å²) in [5.74, 6) is 0.137. The Morgan fingerprint density at radius 3 is 2.80 bits per heavy atom. The molecule has 3 aromatic rings. The van der Waals surface area contributed by atoms with Crippen LogP contribution in [0.25, 0.3) is 11.5 Å². The van der Waals surface area contributed by atoms with Gasteiger partial charge < -0.3 is 14.5 Å². The third-order valence-corrected chi connectivity index (χ3v) is 4.59. The van der Waals surface area contributed by atoms with Crippen LogP contribution in [0, 0.1) is 5.82 Å². The van der Waals surface area contributed by atoms with Crippen molar-refractivity contribution in [2.75, 3.05) is 18.0 Å². The predicted octanol–water partition coefficient (Wildman–Crippen LogP) is 3.97. The van der Waals surface area contributed by atoms with Crippen molar-refractivity contribution in [1.82, 2.24) is 10.1 Å². The van der Waals surface area contributed by atoms with E-state index < -0.39 is 5.82 Å². The molecule has 4 rings (SSSR count). The minimum absolute atomic E-state index is 0.0143. The van der Waals surface area contributed by atoms with Crippen molar-refractivity contribution in [3.63, 3.8) is 0 Å². The minimum Gasteiger partial charge on any atom is -0.505 e. The molecule has 1 N–H and O–H groups in total. The summed E-state index contributed by atoms with van der Waals surface area (Å²) in [4.78, 5) is 6.48. The second kappa shape index (κ2) is 6.55. The Labute approximate surface area is 144 Å². The Bertz CT molecular complexity index is 866. The zero-order valence-electron chi connectivity index (χ0n) is 13.6. The maximum absolute atomic E-state index is 14.2. The molecule has 1 aromatic heterocycles. The summed E-state index contributed by atoms with van der Waals surface area (Å²) in [5.41, 5.74) is 1.41. The van der Waals surface area contributed by atoms with Gasteiger partial charge in [-0.15, -0.1) is 0 Å². The molecule has 1 aliphatic heterocycles. The first-order valence-electron chi connectivity index (χ1n) is 8.34. The van der Waals surface area contributed by atoms with Crippen molar-refractivity contribution in [3.05, 3.63) is 59.9 Å². The third kappa shape index (κ3) is 3.07. The van der Waals surface area contributed by atoms with Crippen molar-refractivity contribution in [3.8, 4) is 17.2 Å². The van der Waals surface area contributed by atoms with E-state index in [-0.39, 0.29) is 11.7 Å². The molecule has 5 nitrogen and oxygen atoms in total. The topological polar surface area (TPSA) is 62.4 Å². The normalized spacial score (nSPS) is 17.6. The predicted molar refractivity (Wildman–Crippen MR) is 92.0 cm³/mol. The fraction of sp³-hybridized carbons (Fsp3) is 0.263. The summed E-state index contributed by atoms with van der Waals surface area (Å²) in [6, 6.07) is 14.4. The summed E-state index contributed by atoms with van der Waals surface area (Å²) < 4.78 is 19.6. The monoisotopic (exact) mass is 339 g/mol. The highest BCUT2D eigenvalue weighted by atomic mass is 19.1. The maximum atomic E-state index is 14.2. The number of benzene rings is 2. The van der Waals surface area contributed by atoms with Crippen molar-refractivity contribution >= 4 is 5.95 Å². The molecule has 0 saturated carbocycles. The highest BCUT2D eigenvalue weighted by Gasteiger charge is 2.27. The van der Waals surface area contributed by atoms with Crippen LogP contribution in [-0.2, 0) is 0 Å². The van der Waals surface area contributed by atoms with Crippen LogP contribution >= 0.6 is 0 Å². The average molecular weight is 339 g/mol. The summed E-state index contributed by atoms with van der Waals surface area (Å²) in [6.07, 6.45) is 1.76. The molecule has 1 unspecified atom stereocenters. The van der Waals surface area contributed by atoms with Crippen LogP contribution in [0.2, 0.25) is 0 Å². The average Bonchev–Trinajstić information content (AvgIpc) is 3.15. The van der Waals surface area contributed by atoms with E-state index in [4.69, 9.17) is 4.52 Å². The van der Waals surface area contributed by atoms with Crippen LogP contribution in [0.5, 0.6) is 5.75 Å².